The second kappa shape index (κ2) is 5.61. The minimum atomic E-state index is -0.544. The fourth-order valence-corrected chi connectivity index (χ4v) is 2.70. The summed E-state index contributed by atoms with van der Waals surface area (Å²) in [6.07, 6.45) is 2.90. The topological polar surface area (TPSA) is 39.6 Å². The Morgan fingerprint density at radius 2 is 1.90 bits per heavy atom. The van der Waals surface area contributed by atoms with Crippen LogP contribution in [0.15, 0.2) is 49.2 Å². The summed E-state index contributed by atoms with van der Waals surface area (Å²) in [6.45, 7) is 7.01. The van der Waals surface area contributed by atoms with Crippen LogP contribution >= 0.6 is 0 Å². The normalized spacial score (nSPS) is 18.1. The number of anilines is 1. The number of nitrogens with zero attached hydrogens (tertiary/aromatic N) is 3. The molecule has 20 heavy (non-hydrogen) atoms. The second-order valence-corrected chi connectivity index (χ2v) is 5.03. The van der Waals surface area contributed by atoms with Crippen LogP contribution in [-0.2, 0) is 0 Å². The molecule has 0 aliphatic carbocycles. The van der Waals surface area contributed by atoms with E-state index < -0.39 is 6.23 Å². The first kappa shape index (κ1) is 13.1. The van der Waals surface area contributed by atoms with Crippen LogP contribution in [-0.4, -0.2) is 47.4 Å². The lowest BCUT2D eigenvalue weighted by atomic mass is 10.1. The number of aliphatic hydroxyl groups excluding tert-OH is 1. The minimum Gasteiger partial charge on any atom is -0.375 e. The summed E-state index contributed by atoms with van der Waals surface area (Å²) in [6, 6.07) is 10.4. The van der Waals surface area contributed by atoms with E-state index in [9.17, 15) is 5.11 Å². The van der Waals surface area contributed by atoms with Gasteiger partial charge in [-0.3, -0.25) is 4.90 Å². The lowest BCUT2D eigenvalue weighted by molar-refractivity contribution is 0.0380. The molecular formula is C16H19N3O. The fourth-order valence-electron chi connectivity index (χ4n) is 2.70. The Labute approximate surface area is 119 Å². The number of aliphatic hydroxyl groups is 1. The molecule has 2 aromatic rings. The maximum atomic E-state index is 9.79. The third-order valence-electron chi connectivity index (χ3n) is 3.85. The van der Waals surface area contributed by atoms with Gasteiger partial charge in [0.1, 0.15) is 12.0 Å². The number of pyridine rings is 1. The van der Waals surface area contributed by atoms with Crippen LogP contribution < -0.4 is 4.90 Å². The highest BCUT2D eigenvalue weighted by Gasteiger charge is 2.22. The predicted octanol–water partition coefficient (Wildman–Crippen LogP) is 1.86. The Balaban J connectivity index is 1.82. The molecule has 1 atom stereocenters. The molecule has 0 bridgehead atoms. The summed E-state index contributed by atoms with van der Waals surface area (Å²) in [5.74, 6) is 1.04. The Hall–Kier alpha value is -1.91. The summed E-state index contributed by atoms with van der Waals surface area (Å²) in [7, 11) is 0. The van der Waals surface area contributed by atoms with Gasteiger partial charge >= 0.3 is 0 Å². The maximum Gasteiger partial charge on any atom is 0.136 e. The van der Waals surface area contributed by atoms with E-state index in [2.05, 4.69) is 28.6 Å². The van der Waals surface area contributed by atoms with E-state index in [1.54, 1.807) is 6.08 Å². The van der Waals surface area contributed by atoms with Gasteiger partial charge in [-0.15, -0.1) is 0 Å². The molecule has 104 valence electrons. The van der Waals surface area contributed by atoms with Crippen molar-refractivity contribution in [2.24, 2.45) is 0 Å². The van der Waals surface area contributed by atoms with E-state index >= 15 is 0 Å². The third-order valence-corrected chi connectivity index (χ3v) is 3.85. The van der Waals surface area contributed by atoms with Crippen molar-refractivity contribution in [3.05, 3.63) is 49.2 Å². The van der Waals surface area contributed by atoms with Crippen molar-refractivity contribution in [2.45, 2.75) is 6.23 Å². The van der Waals surface area contributed by atoms with Crippen LogP contribution in [0.3, 0.4) is 0 Å². The fraction of sp³-hybridized carbons (Fsp3) is 0.312. The van der Waals surface area contributed by atoms with Crippen molar-refractivity contribution in [3.8, 4) is 0 Å². The molecule has 1 aromatic heterocycles. The molecule has 1 fully saturated rings. The van der Waals surface area contributed by atoms with Gasteiger partial charge in [0.15, 0.2) is 0 Å². The molecule has 3 rings (SSSR count). The summed E-state index contributed by atoms with van der Waals surface area (Å²) in [4.78, 5) is 8.85. The highest BCUT2D eigenvalue weighted by atomic mass is 16.3. The van der Waals surface area contributed by atoms with E-state index in [1.807, 2.05) is 29.3 Å². The number of aromatic nitrogens is 1. The molecule has 1 unspecified atom stereocenters. The molecule has 0 spiro atoms. The van der Waals surface area contributed by atoms with Gasteiger partial charge in [0.25, 0.3) is 0 Å². The van der Waals surface area contributed by atoms with Crippen molar-refractivity contribution < 1.29 is 5.11 Å². The molecule has 1 N–H and O–H groups in total. The van der Waals surface area contributed by atoms with E-state index in [-0.39, 0.29) is 0 Å². The van der Waals surface area contributed by atoms with Crippen LogP contribution in [0, 0.1) is 0 Å². The molecule has 1 aliphatic heterocycles. The molecule has 0 amide bonds. The monoisotopic (exact) mass is 269 g/mol. The molecule has 1 saturated heterocycles. The smallest absolute Gasteiger partial charge is 0.136 e. The molecule has 4 heteroatoms. The Morgan fingerprint density at radius 1 is 1.15 bits per heavy atom. The van der Waals surface area contributed by atoms with Crippen molar-refractivity contribution >= 4 is 16.6 Å². The van der Waals surface area contributed by atoms with Gasteiger partial charge in [-0.05, 0) is 17.5 Å². The van der Waals surface area contributed by atoms with Gasteiger partial charge in [0.2, 0.25) is 0 Å². The SMILES string of the molecule is C=CC(O)N1CCN(c2nccc3ccccc23)CC1. The Kier molecular flexibility index (Phi) is 3.67. The van der Waals surface area contributed by atoms with Crippen molar-refractivity contribution in [1.29, 1.82) is 0 Å². The minimum absolute atomic E-state index is 0.544. The van der Waals surface area contributed by atoms with Crippen molar-refractivity contribution in [3.63, 3.8) is 0 Å². The molecular weight excluding hydrogens is 250 g/mol. The van der Waals surface area contributed by atoms with E-state index in [4.69, 9.17) is 0 Å². The summed E-state index contributed by atoms with van der Waals surface area (Å²) >= 11 is 0. The summed E-state index contributed by atoms with van der Waals surface area (Å²) < 4.78 is 0. The number of benzene rings is 1. The standard InChI is InChI=1S/C16H19N3O/c1-2-15(20)18-9-11-19(12-10-18)16-14-6-4-3-5-13(14)7-8-17-16/h2-8,15,20H,1,9-12H2. The number of piperazine rings is 1. The van der Waals surface area contributed by atoms with Crippen molar-refractivity contribution in [2.75, 3.05) is 31.1 Å². The number of fused-ring (bicyclic) bond motifs is 1. The van der Waals surface area contributed by atoms with Gasteiger partial charge in [-0.1, -0.05) is 30.8 Å². The van der Waals surface area contributed by atoms with E-state index in [0.29, 0.717) is 0 Å². The number of rotatable bonds is 3. The zero-order chi connectivity index (χ0) is 13.9. The zero-order valence-corrected chi connectivity index (χ0v) is 11.4. The number of hydrogen-bond acceptors (Lipinski definition) is 4. The highest BCUT2D eigenvalue weighted by Crippen LogP contribution is 2.25. The van der Waals surface area contributed by atoms with Crippen LogP contribution in [0.25, 0.3) is 10.8 Å². The quantitative estimate of drug-likeness (QED) is 0.863. The molecule has 1 aromatic carbocycles. The molecule has 0 radical (unpaired) electrons. The first-order valence-electron chi connectivity index (χ1n) is 6.93. The average Bonchev–Trinajstić information content (AvgIpc) is 2.54. The zero-order valence-electron chi connectivity index (χ0n) is 11.4. The van der Waals surface area contributed by atoms with Crippen LogP contribution in [0.2, 0.25) is 0 Å². The van der Waals surface area contributed by atoms with Gasteiger partial charge in [0.05, 0.1) is 0 Å². The van der Waals surface area contributed by atoms with E-state index in [0.717, 1.165) is 32.0 Å². The lowest BCUT2D eigenvalue weighted by Gasteiger charge is -2.37. The predicted molar refractivity (Wildman–Crippen MR) is 81.7 cm³/mol. The molecule has 1 aliphatic rings. The lowest BCUT2D eigenvalue weighted by Crippen LogP contribution is -2.50. The third kappa shape index (κ3) is 2.40. The van der Waals surface area contributed by atoms with Gasteiger partial charge < -0.3 is 10.0 Å². The molecule has 4 nitrogen and oxygen atoms in total. The molecule has 0 saturated carbocycles. The average molecular weight is 269 g/mol. The molecule has 2 heterocycles. The van der Waals surface area contributed by atoms with E-state index in [1.165, 1.54) is 10.8 Å². The van der Waals surface area contributed by atoms with Crippen LogP contribution in [0.5, 0.6) is 0 Å². The Morgan fingerprint density at radius 3 is 2.65 bits per heavy atom. The van der Waals surface area contributed by atoms with Gasteiger partial charge in [-0.25, -0.2) is 4.98 Å². The van der Waals surface area contributed by atoms with Gasteiger partial charge in [0, 0.05) is 37.8 Å². The number of hydrogen-bond donors (Lipinski definition) is 1. The van der Waals surface area contributed by atoms with Crippen LogP contribution in [0.4, 0.5) is 5.82 Å². The Bertz CT molecular complexity index is 600. The first-order valence-corrected chi connectivity index (χ1v) is 6.93. The summed E-state index contributed by atoms with van der Waals surface area (Å²) in [5, 5.41) is 12.2. The highest BCUT2D eigenvalue weighted by molar-refractivity contribution is 5.92. The van der Waals surface area contributed by atoms with Crippen LogP contribution in [0.1, 0.15) is 0 Å². The maximum absolute atomic E-state index is 9.79. The van der Waals surface area contributed by atoms with Gasteiger partial charge in [-0.2, -0.15) is 0 Å². The summed E-state index contributed by atoms with van der Waals surface area (Å²) in [5.41, 5.74) is 0. The first-order chi connectivity index (χ1) is 9.79. The second-order valence-electron chi connectivity index (χ2n) is 5.03. The largest absolute Gasteiger partial charge is 0.375 e. The van der Waals surface area contributed by atoms with Crippen molar-refractivity contribution in [1.82, 2.24) is 9.88 Å².